The van der Waals surface area contributed by atoms with Crippen molar-refractivity contribution in [3.05, 3.63) is 76.5 Å². The van der Waals surface area contributed by atoms with E-state index in [4.69, 9.17) is 5.73 Å². The number of hydrogen-bond donors (Lipinski definition) is 2. The van der Waals surface area contributed by atoms with E-state index in [9.17, 15) is 13.2 Å². The Labute approximate surface area is 238 Å². The zero-order valence-corrected chi connectivity index (χ0v) is 25.2. The van der Waals surface area contributed by atoms with Crippen molar-refractivity contribution < 1.29 is 13.2 Å². The van der Waals surface area contributed by atoms with Crippen LogP contribution in [0.25, 0.3) is 16.2 Å². The van der Waals surface area contributed by atoms with Gasteiger partial charge in [0.1, 0.15) is 0 Å². The van der Waals surface area contributed by atoms with Gasteiger partial charge in [-0.25, -0.2) is 0 Å². The van der Waals surface area contributed by atoms with Crippen molar-refractivity contribution >= 4 is 34.2 Å². The molecule has 2 aliphatic rings. The number of nitrogens with two attached hydrogens (primary N) is 2. The minimum absolute atomic E-state index is 0.104. The van der Waals surface area contributed by atoms with Crippen LogP contribution in [0.5, 0.6) is 0 Å². The second kappa shape index (κ2) is 20.3. The topological polar surface area (TPSA) is 64.4 Å². The Morgan fingerprint density at radius 1 is 1.08 bits per heavy atom. The zero-order valence-electron chi connectivity index (χ0n) is 24.4. The number of hydrogen-bond acceptors (Lipinski definition) is 4. The Bertz CT molecular complexity index is 1060. The molecule has 4 rings (SSSR count). The fourth-order valence-corrected chi connectivity index (χ4v) is 4.91. The van der Waals surface area contributed by atoms with Crippen molar-refractivity contribution in [1.82, 2.24) is 0 Å². The Hall–Kier alpha value is -2.64. The number of halogens is 3. The molecule has 3 nitrogen and oxygen atoms in total. The van der Waals surface area contributed by atoms with Gasteiger partial charge in [0.2, 0.25) is 0 Å². The molecule has 2 aliphatic carbocycles. The third-order valence-corrected chi connectivity index (χ3v) is 6.93. The number of rotatable bonds is 4. The molecule has 1 aromatic carbocycles. The van der Waals surface area contributed by atoms with Gasteiger partial charge < -0.3 is 11.5 Å². The van der Waals surface area contributed by atoms with Crippen molar-refractivity contribution in [2.45, 2.75) is 85.2 Å². The van der Waals surface area contributed by atoms with Crippen LogP contribution in [0.4, 0.5) is 13.2 Å². The molecule has 0 radical (unpaired) electrons. The third kappa shape index (κ3) is 14.9. The highest BCUT2D eigenvalue weighted by molar-refractivity contribution is 7.19. The van der Waals surface area contributed by atoms with Gasteiger partial charge >= 0.3 is 6.18 Å². The van der Waals surface area contributed by atoms with Crippen LogP contribution in [0.2, 0.25) is 0 Å². The predicted octanol–water partition coefficient (Wildman–Crippen LogP) is 10.1. The number of aliphatic imine (C=N–C) groups is 1. The lowest BCUT2D eigenvalue weighted by atomic mass is 9.93. The molecule has 0 amide bonds. The van der Waals surface area contributed by atoms with Gasteiger partial charge in [0.15, 0.2) is 0 Å². The first-order valence-electron chi connectivity index (χ1n) is 13.7. The largest absolute Gasteiger partial charge is 0.398 e. The molecule has 0 aliphatic heterocycles. The monoisotopic (exact) mass is 563 g/mol. The lowest BCUT2D eigenvalue weighted by Gasteiger charge is -2.17. The highest BCUT2D eigenvalue weighted by Crippen LogP contribution is 2.29. The SMILES string of the molecule is C1CCCCC1.C=Cc1cc2ccc(C)cc2s1.C=NC1=CCC(C)C=C1/C(N)=C\CC(F)(F)F.CC.CN. The summed E-state index contributed by atoms with van der Waals surface area (Å²) in [5.41, 5.74) is 12.7. The van der Waals surface area contributed by atoms with Crippen LogP contribution in [0.3, 0.4) is 0 Å². The van der Waals surface area contributed by atoms with Crippen LogP contribution in [-0.2, 0) is 0 Å². The second-order valence-corrected chi connectivity index (χ2v) is 10.2. The van der Waals surface area contributed by atoms with E-state index in [1.165, 1.54) is 66.1 Å². The van der Waals surface area contributed by atoms with E-state index in [-0.39, 0.29) is 11.6 Å². The molecule has 1 heterocycles. The first-order valence-corrected chi connectivity index (χ1v) is 14.6. The van der Waals surface area contributed by atoms with Gasteiger partial charge in [-0.15, -0.1) is 11.3 Å². The number of nitrogens with zero attached hydrogens (tertiary/aromatic N) is 1. The van der Waals surface area contributed by atoms with Crippen molar-refractivity contribution in [3.8, 4) is 0 Å². The minimum Gasteiger partial charge on any atom is -0.398 e. The molecule has 1 atom stereocenters. The number of aryl methyl sites for hydroxylation is 1. The molecule has 1 fully saturated rings. The summed E-state index contributed by atoms with van der Waals surface area (Å²) in [4.78, 5) is 5.02. The van der Waals surface area contributed by atoms with Crippen LogP contribution < -0.4 is 11.5 Å². The molecule has 218 valence electrons. The first-order chi connectivity index (χ1) is 18.6. The van der Waals surface area contributed by atoms with Gasteiger partial charge in [0.05, 0.1) is 12.1 Å². The van der Waals surface area contributed by atoms with Gasteiger partial charge in [-0.3, -0.25) is 4.99 Å². The molecule has 4 N–H and O–H groups in total. The molecular weight excluding hydrogens is 515 g/mol. The summed E-state index contributed by atoms with van der Waals surface area (Å²) in [6.07, 6.45) is 11.1. The molecule has 0 saturated heterocycles. The van der Waals surface area contributed by atoms with E-state index < -0.39 is 12.6 Å². The van der Waals surface area contributed by atoms with E-state index in [2.05, 4.69) is 55.2 Å². The van der Waals surface area contributed by atoms with Gasteiger partial charge in [-0.05, 0) is 56.1 Å². The highest BCUT2D eigenvalue weighted by Gasteiger charge is 2.26. The van der Waals surface area contributed by atoms with E-state index in [0.29, 0.717) is 11.3 Å². The van der Waals surface area contributed by atoms with Crippen molar-refractivity contribution in [2.75, 3.05) is 7.05 Å². The summed E-state index contributed by atoms with van der Waals surface area (Å²) in [7, 11) is 1.50. The van der Waals surface area contributed by atoms with E-state index in [1.807, 2.05) is 39.0 Å². The summed E-state index contributed by atoms with van der Waals surface area (Å²) in [5.74, 6) is 0.244. The molecule has 1 unspecified atom stereocenters. The normalized spacial score (nSPS) is 16.7. The van der Waals surface area contributed by atoms with Gasteiger partial charge in [-0.1, -0.05) is 102 Å². The average molecular weight is 564 g/mol. The number of thiophene rings is 1. The van der Waals surface area contributed by atoms with Crippen molar-refractivity contribution in [3.63, 3.8) is 0 Å². The van der Waals surface area contributed by atoms with Crippen LogP contribution in [0, 0.1) is 12.8 Å². The highest BCUT2D eigenvalue weighted by atomic mass is 32.1. The first kappa shape index (κ1) is 36.4. The van der Waals surface area contributed by atoms with E-state index in [0.717, 1.165) is 12.5 Å². The standard InChI is InChI=1S/C12H15F3N2.C11H10S.C6H12.C2H6.CH5N/c1-8-3-4-11(17-2)9(7-8)10(16)5-6-12(13,14)15;1-3-10-7-9-5-4-8(2)6-11(9)12-10;1-2-4-6-5-3-1;2*1-2/h4-5,7-8H,2-3,6,16H2,1H3;3-7H,1H2,2H3;1-6H2;1-2H3;2H2,1H3/b10-5+;;;;. The summed E-state index contributed by atoms with van der Waals surface area (Å²) in [5, 5.41) is 1.32. The molecule has 39 heavy (non-hydrogen) atoms. The molecule has 1 aromatic heterocycles. The smallest absolute Gasteiger partial charge is 0.392 e. The van der Waals surface area contributed by atoms with Crippen molar-refractivity contribution in [2.24, 2.45) is 22.4 Å². The Balaban J connectivity index is 0.000000566. The molecule has 7 heteroatoms. The number of alkyl halides is 3. The number of benzene rings is 1. The van der Waals surface area contributed by atoms with E-state index >= 15 is 0 Å². The summed E-state index contributed by atoms with van der Waals surface area (Å²) in [6, 6.07) is 8.69. The Morgan fingerprint density at radius 3 is 2.13 bits per heavy atom. The van der Waals surface area contributed by atoms with Crippen molar-refractivity contribution in [1.29, 1.82) is 0 Å². The quantitative estimate of drug-likeness (QED) is 0.364. The molecule has 0 bridgehead atoms. The maximum Gasteiger partial charge on any atom is 0.392 e. The molecule has 0 spiro atoms. The van der Waals surface area contributed by atoms with Gasteiger partial charge in [0, 0.05) is 20.8 Å². The number of allylic oxidation sites excluding steroid dienone is 3. The van der Waals surface area contributed by atoms with Gasteiger partial charge in [-0.2, -0.15) is 13.2 Å². The molecule has 1 saturated carbocycles. The summed E-state index contributed by atoms with van der Waals surface area (Å²) >= 11 is 1.79. The van der Waals surface area contributed by atoms with Gasteiger partial charge in [0.25, 0.3) is 0 Å². The van der Waals surface area contributed by atoms with Crippen LogP contribution in [0.1, 0.15) is 82.6 Å². The fourth-order valence-electron chi connectivity index (χ4n) is 3.90. The third-order valence-electron chi connectivity index (χ3n) is 5.84. The Kier molecular flexibility index (Phi) is 18.9. The van der Waals surface area contributed by atoms with Crippen LogP contribution in [0.15, 0.2) is 71.0 Å². The number of fused-ring (bicyclic) bond motifs is 1. The van der Waals surface area contributed by atoms with E-state index in [1.54, 1.807) is 11.3 Å². The zero-order chi connectivity index (χ0) is 29.8. The minimum atomic E-state index is -4.24. The Morgan fingerprint density at radius 2 is 1.64 bits per heavy atom. The lowest BCUT2D eigenvalue weighted by Crippen LogP contribution is -2.11. The average Bonchev–Trinajstić information content (AvgIpc) is 3.37. The maximum absolute atomic E-state index is 12.1. The lowest BCUT2D eigenvalue weighted by molar-refractivity contribution is -0.125. The molecular formula is C32H48F3N3S. The van der Waals surface area contributed by atoms with Crippen LogP contribution >= 0.6 is 11.3 Å². The predicted molar refractivity (Wildman–Crippen MR) is 168 cm³/mol. The summed E-state index contributed by atoms with van der Waals surface area (Å²) < 4.78 is 37.6. The molecule has 2 aromatic rings. The van der Waals surface area contributed by atoms with Crippen LogP contribution in [-0.4, -0.2) is 19.9 Å². The summed E-state index contributed by atoms with van der Waals surface area (Å²) in [6.45, 7) is 15.2. The second-order valence-electron chi connectivity index (χ2n) is 9.04. The maximum atomic E-state index is 12.1. The fraction of sp³-hybridized carbons (Fsp3) is 0.469.